The summed E-state index contributed by atoms with van der Waals surface area (Å²) < 4.78 is 5.57. The van der Waals surface area contributed by atoms with Crippen molar-refractivity contribution < 1.29 is 9.64 Å². The number of piperidine rings is 1. The lowest BCUT2D eigenvalue weighted by molar-refractivity contribution is -0.918. The molecule has 1 fully saturated rings. The second-order valence-corrected chi connectivity index (χ2v) is 6.54. The minimum absolute atomic E-state index is 0.744. The van der Waals surface area contributed by atoms with Crippen LogP contribution < -0.4 is 15.1 Å². The number of ether oxygens (including phenoxy) is 1. The van der Waals surface area contributed by atoms with Crippen molar-refractivity contribution in [1.29, 1.82) is 0 Å². The highest BCUT2D eigenvalue weighted by Gasteiger charge is 2.17. The number of pyridine rings is 1. The van der Waals surface area contributed by atoms with Gasteiger partial charge in [-0.1, -0.05) is 6.07 Å². The molecule has 25 heavy (non-hydrogen) atoms. The Bertz CT molecular complexity index is 709. The number of hydrogen-bond acceptors (Lipinski definition) is 4. The van der Waals surface area contributed by atoms with Gasteiger partial charge in [-0.15, -0.1) is 0 Å². The maximum absolute atomic E-state index is 5.57. The van der Waals surface area contributed by atoms with Gasteiger partial charge in [0, 0.05) is 11.8 Å². The van der Waals surface area contributed by atoms with Crippen LogP contribution in [0.3, 0.4) is 0 Å². The van der Waals surface area contributed by atoms with E-state index in [1.165, 1.54) is 37.9 Å². The highest BCUT2D eigenvalue weighted by Crippen LogP contribution is 2.20. The Hall–Kier alpha value is -2.40. The van der Waals surface area contributed by atoms with Crippen LogP contribution in [-0.2, 0) is 6.54 Å². The fourth-order valence-electron chi connectivity index (χ4n) is 3.27. The molecule has 132 valence electrons. The summed E-state index contributed by atoms with van der Waals surface area (Å²) in [6.45, 7) is 5.52. The number of hydrazone groups is 1. The third-order valence-electron chi connectivity index (χ3n) is 4.70. The number of quaternary nitrogens is 1. The SMILES string of the molecule is COc1ccc(/C(C)=N\Nc2ccccn2)cc1C[NH+]1CCCCC1. The zero-order valence-electron chi connectivity index (χ0n) is 15.1. The zero-order chi connectivity index (χ0) is 17.5. The number of anilines is 1. The van der Waals surface area contributed by atoms with Crippen molar-refractivity contribution in [3.8, 4) is 5.75 Å². The van der Waals surface area contributed by atoms with E-state index in [9.17, 15) is 0 Å². The average Bonchev–Trinajstić information content (AvgIpc) is 2.67. The van der Waals surface area contributed by atoms with E-state index < -0.39 is 0 Å². The molecule has 1 aliphatic rings. The van der Waals surface area contributed by atoms with Gasteiger partial charge in [0.1, 0.15) is 18.1 Å². The van der Waals surface area contributed by atoms with Gasteiger partial charge in [-0.05, 0) is 62.1 Å². The van der Waals surface area contributed by atoms with Gasteiger partial charge < -0.3 is 9.64 Å². The smallest absolute Gasteiger partial charge is 0.146 e. The first-order chi connectivity index (χ1) is 12.3. The Morgan fingerprint density at radius 1 is 1.20 bits per heavy atom. The van der Waals surface area contributed by atoms with Gasteiger partial charge in [-0.25, -0.2) is 4.98 Å². The van der Waals surface area contributed by atoms with E-state index in [1.54, 1.807) is 18.2 Å². The van der Waals surface area contributed by atoms with Crippen molar-refractivity contribution in [2.75, 3.05) is 25.6 Å². The Labute approximate surface area is 149 Å². The monoisotopic (exact) mass is 339 g/mol. The summed E-state index contributed by atoms with van der Waals surface area (Å²) in [5.74, 6) is 1.71. The molecule has 0 saturated carbocycles. The highest BCUT2D eigenvalue weighted by molar-refractivity contribution is 5.99. The molecule has 0 aliphatic carbocycles. The molecule has 0 spiro atoms. The van der Waals surface area contributed by atoms with Crippen LogP contribution in [0.25, 0.3) is 0 Å². The van der Waals surface area contributed by atoms with Crippen LogP contribution in [0.1, 0.15) is 37.3 Å². The third kappa shape index (κ3) is 4.79. The lowest BCUT2D eigenvalue weighted by Crippen LogP contribution is -3.11. The Kier molecular flexibility index (Phi) is 6.01. The van der Waals surface area contributed by atoms with E-state index >= 15 is 0 Å². The van der Waals surface area contributed by atoms with Gasteiger partial charge in [0.2, 0.25) is 0 Å². The average molecular weight is 339 g/mol. The molecule has 0 unspecified atom stereocenters. The summed E-state index contributed by atoms with van der Waals surface area (Å²) in [6.07, 6.45) is 5.77. The molecule has 1 saturated heterocycles. The van der Waals surface area contributed by atoms with E-state index in [4.69, 9.17) is 4.74 Å². The molecule has 2 aromatic rings. The molecule has 0 radical (unpaired) electrons. The Balaban J connectivity index is 1.75. The number of rotatable bonds is 6. The molecule has 3 rings (SSSR count). The zero-order valence-corrected chi connectivity index (χ0v) is 15.1. The second kappa shape index (κ2) is 8.62. The largest absolute Gasteiger partial charge is 0.496 e. The number of hydrogen-bond donors (Lipinski definition) is 2. The maximum atomic E-state index is 5.57. The van der Waals surface area contributed by atoms with Gasteiger partial charge >= 0.3 is 0 Å². The van der Waals surface area contributed by atoms with Gasteiger partial charge in [0.15, 0.2) is 0 Å². The fourth-order valence-corrected chi connectivity index (χ4v) is 3.27. The topological polar surface area (TPSA) is 50.9 Å². The lowest BCUT2D eigenvalue weighted by Gasteiger charge is -2.24. The third-order valence-corrected chi connectivity index (χ3v) is 4.70. The van der Waals surface area contributed by atoms with Crippen LogP contribution >= 0.6 is 0 Å². The second-order valence-electron chi connectivity index (χ2n) is 6.54. The molecular formula is C20H27N4O+. The van der Waals surface area contributed by atoms with Crippen molar-refractivity contribution in [1.82, 2.24) is 4.98 Å². The van der Waals surface area contributed by atoms with Gasteiger partial charge in [-0.3, -0.25) is 5.43 Å². The number of nitrogens with one attached hydrogen (secondary N) is 2. The molecule has 2 heterocycles. The summed E-state index contributed by atoms with van der Waals surface area (Å²) in [6, 6.07) is 12.0. The van der Waals surface area contributed by atoms with Crippen LogP contribution in [0.15, 0.2) is 47.7 Å². The first-order valence-electron chi connectivity index (χ1n) is 8.98. The van der Waals surface area contributed by atoms with Crippen molar-refractivity contribution in [2.24, 2.45) is 5.10 Å². The van der Waals surface area contributed by atoms with Crippen LogP contribution in [0.4, 0.5) is 5.82 Å². The molecule has 1 aromatic heterocycles. The van der Waals surface area contributed by atoms with Gasteiger partial charge in [0.25, 0.3) is 0 Å². The predicted octanol–water partition coefficient (Wildman–Crippen LogP) is 2.50. The lowest BCUT2D eigenvalue weighted by atomic mass is 10.0. The molecule has 5 nitrogen and oxygen atoms in total. The number of benzene rings is 1. The number of methoxy groups -OCH3 is 1. The highest BCUT2D eigenvalue weighted by atomic mass is 16.5. The summed E-state index contributed by atoms with van der Waals surface area (Å²) in [5.41, 5.74) is 6.31. The molecule has 2 N–H and O–H groups in total. The van der Waals surface area contributed by atoms with E-state index in [0.717, 1.165) is 29.4 Å². The number of likely N-dealkylation sites (tertiary alicyclic amines) is 1. The normalized spacial score (nSPS) is 15.8. The molecule has 1 aliphatic heterocycles. The van der Waals surface area contributed by atoms with Crippen LogP contribution in [-0.4, -0.2) is 30.9 Å². The quantitative estimate of drug-likeness (QED) is 0.628. The van der Waals surface area contributed by atoms with Crippen LogP contribution in [0.2, 0.25) is 0 Å². The standard InChI is InChI=1S/C20H26N4O/c1-16(22-23-20-8-4-5-11-21-20)17-9-10-19(25-2)18(14-17)15-24-12-6-3-7-13-24/h4-5,8-11,14H,3,6-7,12-13,15H2,1-2H3,(H,21,23)/p+1/b22-16-. The predicted molar refractivity (Wildman–Crippen MR) is 101 cm³/mol. The van der Waals surface area contributed by atoms with Crippen molar-refractivity contribution in [3.63, 3.8) is 0 Å². The molecule has 0 bridgehead atoms. The summed E-state index contributed by atoms with van der Waals surface area (Å²) >= 11 is 0. The first kappa shape index (κ1) is 17.4. The van der Waals surface area contributed by atoms with E-state index in [-0.39, 0.29) is 0 Å². The molecule has 5 heteroatoms. The van der Waals surface area contributed by atoms with Crippen molar-refractivity contribution >= 4 is 11.5 Å². The number of nitrogens with zero attached hydrogens (tertiary/aromatic N) is 2. The van der Waals surface area contributed by atoms with Crippen LogP contribution in [0, 0.1) is 0 Å². The Morgan fingerprint density at radius 3 is 2.76 bits per heavy atom. The molecule has 1 aromatic carbocycles. The van der Waals surface area contributed by atoms with Crippen molar-refractivity contribution in [3.05, 3.63) is 53.7 Å². The summed E-state index contributed by atoms with van der Waals surface area (Å²) in [7, 11) is 1.74. The van der Waals surface area contributed by atoms with E-state index in [0.29, 0.717) is 0 Å². The minimum atomic E-state index is 0.744. The molecule has 0 amide bonds. The van der Waals surface area contributed by atoms with Gasteiger partial charge in [0.05, 0.1) is 25.9 Å². The summed E-state index contributed by atoms with van der Waals surface area (Å²) in [5, 5.41) is 4.46. The van der Waals surface area contributed by atoms with E-state index in [2.05, 4.69) is 27.6 Å². The first-order valence-corrected chi connectivity index (χ1v) is 8.98. The molecule has 0 atom stereocenters. The maximum Gasteiger partial charge on any atom is 0.146 e. The fraction of sp³-hybridized carbons (Fsp3) is 0.400. The minimum Gasteiger partial charge on any atom is -0.496 e. The van der Waals surface area contributed by atoms with Gasteiger partial charge in [-0.2, -0.15) is 5.10 Å². The van der Waals surface area contributed by atoms with Crippen LogP contribution in [0.5, 0.6) is 5.75 Å². The van der Waals surface area contributed by atoms with E-state index in [1.807, 2.05) is 31.2 Å². The molecular weight excluding hydrogens is 312 g/mol. The van der Waals surface area contributed by atoms with Crippen molar-refractivity contribution in [2.45, 2.75) is 32.7 Å². The number of aromatic nitrogens is 1. The Morgan fingerprint density at radius 2 is 2.04 bits per heavy atom. The summed E-state index contributed by atoms with van der Waals surface area (Å²) in [4.78, 5) is 5.87.